The van der Waals surface area contributed by atoms with Crippen molar-refractivity contribution in [1.29, 1.82) is 0 Å². The zero-order valence-corrected chi connectivity index (χ0v) is 13.7. The van der Waals surface area contributed by atoms with Gasteiger partial charge >= 0.3 is 0 Å². The van der Waals surface area contributed by atoms with Crippen molar-refractivity contribution in [3.63, 3.8) is 0 Å². The highest BCUT2D eigenvalue weighted by atomic mass is 16.5. The molecule has 0 saturated carbocycles. The number of nitrogens with one attached hydrogen (secondary N) is 2. The van der Waals surface area contributed by atoms with Gasteiger partial charge in [0.2, 0.25) is 0 Å². The molecule has 1 heterocycles. The molecule has 1 amide bonds. The third-order valence-electron chi connectivity index (χ3n) is 4.05. The maximum atomic E-state index is 12.0. The molecule has 1 unspecified atom stereocenters. The summed E-state index contributed by atoms with van der Waals surface area (Å²) in [5.74, 6) is 0.799. The van der Waals surface area contributed by atoms with Gasteiger partial charge in [-0.3, -0.25) is 4.79 Å². The summed E-state index contributed by atoms with van der Waals surface area (Å²) in [6, 6.07) is 15.6. The number of carbonyl (C=O) groups is 1. The van der Waals surface area contributed by atoms with E-state index in [1.165, 1.54) is 0 Å². The maximum Gasteiger partial charge on any atom is 0.253 e. The second-order valence-electron chi connectivity index (χ2n) is 5.73. The van der Waals surface area contributed by atoms with Gasteiger partial charge in [0.05, 0.1) is 7.11 Å². The molecule has 1 aliphatic heterocycles. The number of methoxy groups -OCH3 is 1. The fourth-order valence-corrected chi connectivity index (χ4v) is 2.72. The summed E-state index contributed by atoms with van der Waals surface area (Å²) in [5, 5.41) is 6.25. The number of para-hydroxylation sites is 1. The monoisotopic (exact) mass is 326 g/mol. The molecular formula is C19H22N2O3. The average molecular weight is 326 g/mol. The normalized spacial score (nSPS) is 16.6. The Balaban J connectivity index is 1.55. The molecule has 2 aromatic carbocycles. The molecule has 0 radical (unpaired) electrons. The van der Waals surface area contributed by atoms with Crippen molar-refractivity contribution in [3.05, 3.63) is 54.1 Å². The van der Waals surface area contributed by atoms with Gasteiger partial charge in [-0.1, -0.05) is 18.2 Å². The van der Waals surface area contributed by atoms with Crippen LogP contribution < -0.4 is 15.4 Å². The number of carbonyl (C=O) groups excluding carboxylic acids is 1. The van der Waals surface area contributed by atoms with Gasteiger partial charge in [0, 0.05) is 30.1 Å². The van der Waals surface area contributed by atoms with E-state index >= 15 is 0 Å². The zero-order chi connectivity index (χ0) is 16.8. The van der Waals surface area contributed by atoms with E-state index in [0.717, 1.165) is 35.5 Å². The summed E-state index contributed by atoms with van der Waals surface area (Å²) in [4.78, 5) is 12.0. The third-order valence-corrected chi connectivity index (χ3v) is 4.05. The number of benzene rings is 2. The third kappa shape index (κ3) is 4.06. The van der Waals surface area contributed by atoms with E-state index in [4.69, 9.17) is 9.47 Å². The van der Waals surface area contributed by atoms with Crippen molar-refractivity contribution in [2.45, 2.75) is 25.5 Å². The van der Waals surface area contributed by atoms with E-state index in [-0.39, 0.29) is 12.0 Å². The number of hydrogen-bond donors (Lipinski definition) is 2. The van der Waals surface area contributed by atoms with Crippen LogP contribution in [-0.2, 0) is 16.1 Å². The second kappa shape index (κ2) is 7.84. The molecule has 0 aliphatic carbocycles. The second-order valence-corrected chi connectivity index (χ2v) is 5.73. The Morgan fingerprint density at radius 3 is 2.62 bits per heavy atom. The summed E-state index contributed by atoms with van der Waals surface area (Å²) in [6.45, 7) is 1.34. The minimum atomic E-state index is -0.312. The fourth-order valence-electron chi connectivity index (χ4n) is 2.72. The highest BCUT2D eigenvalue weighted by molar-refractivity contribution is 5.94. The van der Waals surface area contributed by atoms with Gasteiger partial charge in [-0.05, 0) is 43.2 Å². The van der Waals surface area contributed by atoms with Crippen LogP contribution in [0.1, 0.15) is 18.4 Å². The summed E-state index contributed by atoms with van der Waals surface area (Å²) in [6.07, 6.45) is 1.43. The Morgan fingerprint density at radius 1 is 1.17 bits per heavy atom. The van der Waals surface area contributed by atoms with Gasteiger partial charge in [-0.15, -0.1) is 0 Å². The maximum absolute atomic E-state index is 12.0. The van der Waals surface area contributed by atoms with E-state index in [1.807, 2.05) is 48.5 Å². The van der Waals surface area contributed by atoms with Crippen LogP contribution in [0.5, 0.6) is 5.75 Å². The Kier molecular flexibility index (Phi) is 5.33. The highest BCUT2D eigenvalue weighted by Crippen LogP contribution is 2.20. The topological polar surface area (TPSA) is 59.6 Å². The Labute approximate surface area is 142 Å². The number of anilines is 2. The lowest BCUT2D eigenvalue weighted by Crippen LogP contribution is -2.26. The van der Waals surface area contributed by atoms with Crippen LogP contribution in [0.25, 0.3) is 0 Å². The molecule has 5 nitrogen and oxygen atoms in total. The molecule has 1 saturated heterocycles. The van der Waals surface area contributed by atoms with Gasteiger partial charge in [-0.25, -0.2) is 0 Å². The van der Waals surface area contributed by atoms with Crippen molar-refractivity contribution in [3.8, 4) is 5.75 Å². The van der Waals surface area contributed by atoms with Gasteiger partial charge in [0.15, 0.2) is 0 Å². The molecule has 1 aliphatic rings. The first-order chi connectivity index (χ1) is 11.8. The lowest BCUT2D eigenvalue weighted by atomic mass is 10.2. The van der Waals surface area contributed by atoms with Crippen molar-refractivity contribution < 1.29 is 14.3 Å². The van der Waals surface area contributed by atoms with Gasteiger partial charge in [-0.2, -0.15) is 0 Å². The van der Waals surface area contributed by atoms with Crippen molar-refractivity contribution in [2.24, 2.45) is 0 Å². The van der Waals surface area contributed by atoms with Crippen LogP contribution in [0.4, 0.5) is 11.4 Å². The SMILES string of the molecule is COc1ccccc1CNc1ccc(NC(=O)C2CCCO2)cc1. The molecule has 126 valence electrons. The Hall–Kier alpha value is -2.53. The van der Waals surface area contributed by atoms with Crippen LogP contribution in [0.15, 0.2) is 48.5 Å². The molecule has 0 bridgehead atoms. The number of amides is 1. The molecule has 0 spiro atoms. The van der Waals surface area contributed by atoms with E-state index in [1.54, 1.807) is 7.11 Å². The predicted octanol–water partition coefficient (Wildman–Crippen LogP) is 3.42. The molecule has 2 aromatic rings. The molecule has 24 heavy (non-hydrogen) atoms. The summed E-state index contributed by atoms with van der Waals surface area (Å²) >= 11 is 0. The summed E-state index contributed by atoms with van der Waals surface area (Å²) in [7, 11) is 1.67. The largest absolute Gasteiger partial charge is 0.496 e. The van der Waals surface area contributed by atoms with Crippen LogP contribution in [0.3, 0.4) is 0 Å². The molecular weight excluding hydrogens is 304 g/mol. The zero-order valence-electron chi connectivity index (χ0n) is 13.7. The fraction of sp³-hybridized carbons (Fsp3) is 0.316. The van der Waals surface area contributed by atoms with Crippen molar-refractivity contribution in [2.75, 3.05) is 24.4 Å². The van der Waals surface area contributed by atoms with Crippen molar-refractivity contribution >= 4 is 17.3 Å². The first-order valence-corrected chi connectivity index (χ1v) is 8.14. The molecule has 3 rings (SSSR count). The Morgan fingerprint density at radius 2 is 1.92 bits per heavy atom. The molecule has 1 atom stereocenters. The van der Waals surface area contributed by atoms with Gasteiger partial charge in [0.1, 0.15) is 11.9 Å². The van der Waals surface area contributed by atoms with E-state index in [9.17, 15) is 4.79 Å². The summed E-state index contributed by atoms with van der Waals surface area (Å²) < 4.78 is 10.7. The van der Waals surface area contributed by atoms with Crippen LogP contribution in [-0.4, -0.2) is 25.7 Å². The average Bonchev–Trinajstić information content (AvgIpc) is 3.16. The molecule has 2 N–H and O–H groups in total. The van der Waals surface area contributed by atoms with E-state index in [0.29, 0.717) is 13.2 Å². The Bertz CT molecular complexity index is 679. The van der Waals surface area contributed by atoms with E-state index < -0.39 is 0 Å². The number of hydrogen-bond acceptors (Lipinski definition) is 4. The van der Waals surface area contributed by atoms with Crippen LogP contribution in [0.2, 0.25) is 0 Å². The lowest BCUT2D eigenvalue weighted by molar-refractivity contribution is -0.124. The van der Waals surface area contributed by atoms with Gasteiger partial charge < -0.3 is 20.1 Å². The predicted molar refractivity (Wildman–Crippen MR) is 94.4 cm³/mol. The minimum absolute atomic E-state index is 0.0674. The quantitative estimate of drug-likeness (QED) is 0.854. The van der Waals surface area contributed by atoms with Gasteiger partial charge in [0.25, 0.3) is 5.91 Å². The lowest BCUT2D eigenvalue weighted by Gasteiger charge is -2.12. The standard InChI is InChI=1S/C19H22N2O3/c1-23-17-6-3-2-5-14(17)13-20-15-8-10-16(11-9-15)21-19(22)18-7-4-12-24-18/h2-3,5-6,8-11,18,20H,4,7,12-13H2,1H3,(H,21,22). The smallest absolute Gasteiger partial charge is 0.253 e. The highest BCUT2D eigenvalue weighted by Gasteiger charge is 2.23. The number of rotatable bonds is 6. The van der Waals surface area contributed by atoms with Crippen molar-refractivity contribution in [1.82, 2.24) is 0 Å². The van der Waals surface area contributed by atoms with E-state index in [2.05, 4.69) is 10.6 Å². The van der Waals surface area contributed by atoms with Crippen LogP contribution >= 0.6 is 0 Å². The van der Waals surface area contributed by atoms with Crippen LogP contribution in [0, 0.1) is 0 Å². The first-order valence-electron chi connectivity index (χ1n) is 8.14. The summed E-state index contributed by atoms with van der Waals surface area (Å²) in [5.41, 5.74) is 2.85. The first kappa shape index (κ1) is 16.3. The molecule has 1 fully saturated rings. The minimum Gasteiger partial charge on any atom is -0.496 e. The molecule has 5 heteroatoms. The number of ether oxygens (including phenoxy) is 2. The molecule has 0 aromatic heterocycles.